The van der Waals surface area contributed by atoms with Crippen molar-refractivity contribution in [2.24, 2.45) is 0 Å². The lowest BCUT2D eigenvalue weighted by Crippen LogP contribution is -2.13. The number of nitrogens with zero attached hydrogens (tertiary/aromatic N) is 1. The van der Waals surface area contributed by atoms with E-state index in [0.29, 0.717) is 18.9 Å². The predicted molar refractivity (Wildman–Crippen MR) is 96.3 cm³/mol. The zero-order valence-corrected chi connectivity index (χ0v) is 14.1. The average molecular weight is 333 g/mol. The summed E-state index contributed by atoms with van der Waals surface area (Å²) in [4.78, 5) is 14.5. The molecule has 2 aromatic carbocycles. The largest absolute Gasteiger partial charge is 0.464 e. The molecule has 25 heavy (non-hydrogen) atoms. The Morgan fingerprint density at radius 2 is 1.64 bits per heavy atom. The van der Waals surface area contributed by atoms with Crippen LogP contribution in [0.1, 0.15) is 23.6 Å². The molecule has 0 aliphatic rings. The summed E-state index contributed by atoms with van der Waals surface area (Å²) in [5, 5.41) is 0. The molecule has 0 saturated heterocycles. The van der Waals surface area contributed by atoms with Gasteiger partial charge in [-0.2, -0.15) is 0 Å². The van der Waals surface area contributed by atoms with Crippen LogP contribution in [0.15, 0.2) is 48.5 Å². The minimum atomic E-state index is -0.336. The number of ether oxygens (including phenoxy) is 2. The van der Waals surface area contributed by atoms with Gasteiger partial charge in [0.05, 0.1) is 19.8 Å². The van der Waals surface area contributed by atoms with Crippen molar-refractivity contribution in [3.8, 4) is 11.8 Å². The highest BCUT2D eigenvalue weighted by atomic mass is 16.6. The number of hydrogen-bond donors (Lipinski definition) is 0. The lowest BCUT2D eigenvalue weighted by atomic mass is 10.1. The van der Waals surface area contributed by atoms with E-state index in [1.165, 1.54) is 0 Å². The zero-order chi connectivity index (χ0) is 17.9. The highest BCUT2D eigenvalue weighted by Crippen LogP contribution is 2.12. The third kappa shape index (κ3) is 6.51. The molecule has 0 aliphatic carbocycles. The van der Waals surface area contributed by atoms with Gasteiger partial charge in [0.2, 0.25) is 0 Å². The number of carbonyl (C=O) groups is 1. The first-order chi connectivity index (χ1) is 12.2. The van der Waals surface area contributed by atoms with E-state index in [9.17, 15) is 4.79 Å². The van der Waals surface area contributed by atoms with Crippen molar-refractivity contribution in [2.45, 2.75) is 13.3 Å². The van der Waals surface area contributed by atoms with Crippen LogP contribution >= 0.6 is 0 Å². The van der Waals surface area contributed by atoms with Crippen molar-refractivity contribution < 1.29 is 14.3 Å². The quantitative estimate of drug-likeness (QED) is 0.350. The van der Waals surface area contributed by atoms with E-state index in [0.717, 1.165) is 23.1 Å². The maximum atomic E-state index is 11.1. The van der Waals surface area contributed by atoms with Crippen molar-refractivity contribution in [1.29, 1.82) is 0 Å². The Hall–Kier alpha value is -3.08. The molecule has 0 fully saturated rings. The van der Waals surface area contributed by atoms with Crippen LogP contribution in [-0.4, -0.2) is 25.8 Å². The molecule has 0 aliphatic heterocycles. The molecular weight excluding hydrogens is 314 g/mol. The lowest BCUT2D eigenvalue weighted by Gasteiger charge is -2.04. The second kappa shape index (κ2) is 9.93. The fourth-order valence-electron chi connectivity index (χ4n) is 2.07. The lowest BCUT2D eigenvalue weighted by molar-refractivity contribution is -0.148. The summed E-state index contributed by atoms with van der Waals surface area (Å²) < 4.78 is 10.1. The Morgan fingerprint density at radius 3 is 2.20 bits per heavy atom. The summed E-state index contributed by atoms with van der Waals surface area (Å²) in [7, 11) is 0. The first-order valence-electron chi connectivity index (χ1n) is 8.03. The summed E-state index contributed by atoms with van der Waals surface area (Å²) >= 11 is 0. The number of carbonyl (C=O) groups excluding carboxylic acids is 1. The maximum Gasteiger partial charge on any atom is 0.332 e. The van der Waals surface area contributed by atoms with E-state index in [1.807, 2.05) is 36.4 Å². The molecule has 0 aromatic heterocycles. The normalized spacial score (nSPS) is 9.60. The molecule has 0 bridgehead atoms. The predicted octanol–water partition coefficient (Wildman–Crippen LogP) is 3.76. The SMILES string of the molecule is [C-]#[N+]c1ccc(C#Cc2ccc(CCOCC(=O)OCC)cc2)cc1. The molecule has 4 heteroatoms. The average Bonchev–Trinajstić information content (AvgIpc) is 2.65. The van der Waals surface area contributed by atoms with Crippen LogP contribution in [-0.2, 0) is 20.7 Å². The summed E-state index contributed by atoms with van der Waals surface area (Å²) in [5.74, 6) is 5.85. The first kappa shape index (κ1) is 18.3. The van der Waals surface area contributed by atoms with Gasteiger partial charge in [-0.1, -0.05) is 48.2 Å². The van der Waals surface area contributed by atoms with Crippen LogP contribution in [0.2, 0.25) is 0 Å². The van der Waals surface area contributed by atoms with Gasteiger partial charge in [0, 0.05) is 11.1 Å². The van der Waals surface area contributed by atoms with Crippen LogP contribution in [0.5, 0.6) is 0 Å². The van der Waals surface area contributed by atoms with E-state index in [1.54, 1.807) is 19.1 Å². The Bertz CT molecular complexity index is 790. The standard InChI is InChI=1S/C21H19NO3/c1-3-25-21(23)16-24-15-14-19-8-6-17(7-9-19)4-5-18-10-12-20(22-2)13-11-18/h6-13H,3,14-16H2,1H3. The molecular formula is C21H19NO3. The van der Waals surface area contributed by atoms with E-state index in [2.05, 4.69) is 16.7 Å². The molecule has 0 heterocycles. The zero-order valence-electron chi connectivity index (χ0n) is 14.1. The van der Waals surface area contributed by atoms with Crippen LogP contribution < -0.4 is 0 Å². The van der Waals surface area contributed by atoms with Crippen molar-refractivity contribution in [3.05, 3.63) is 76.6 Å². The molecule has 2 rings (SSSR count). The Balaban J connectivity index is 1.82. The van der Waals surface area contributed by atoms with Gasteiger partial charge in [-0.05, 0) is 31.0 Å². The minimum absolute atomic E-state index is 0.0102. The van der Waals surface area contributed by atoms with Crippen LogP contribution in [0.3, 0.4) is 0 Å². The van der Waals surface area contributed by atoms with Crippen molar-refractivity contribution in [3.63, 3.8) is 0 Å². The fourth-order valence-corrected chi connectivity index (χ4v) is 2.07. The minimum Gasteiger partial charge on any atom is -0.464 e. The van der Waals surface area contributed by atoms with Gasteiger partial charge in [-0.25, -0.2) is 9.64 Å². The fraction of sp³-hybridized carbons (Fsp3) is 0.238. The van der Waals surface area contributed by atoms with Crippen LogP contribution in [0.4, 0.5) is 5.69 Å². The van der Waals surface area contributed by atoms with Gasteiger partial charge in [-0.15, -0.1) is 0 Å². The molecule has 0 saturated carbocycles. The van der Waals surface area contributed by atoms with E-state index >= 15 is 0 Å². The number of hydrogen-bond acceptors (Lipinski definition) is 3. The molecule has 0 spiro atoms. The highest BCUT2D eigenvalue weighted by molar-refractivity contribution is 5.70. The van der Waals surface area contributed by atoms with Gasteiger partial charge in [0.25, 0.3) is 0 Å². The third-order valence-electron chi connectivity index (χ3n) is 3.36. The van der Waals surface area contributed by atoms with E-state index < -0.39 is 0 Å². The summed E-state index contributed by atoms with van der Waals surface area (Å²) in [6, 6.07) is 15.1. The van der Waals surface area contributed by atoms with Gasteiger partial charge in [0.15, 0.2) is 5.69 Å². The monoisotopic (exact) mass is 333 g/mol. The van der Waals surface area contributed by atoms with E-state index in [4.69, 9.17) is 16.0 Å². The van der Waals surface area contributed by atoms with Gasteiger partial charge >= 0.3 is 5.97 Å². The molecule has 0 amide bonds. The Labute approximate surface area is 148 Å². The second-order valence-electron chi connectivity index (χ2n) is 5.21. The maximum absolute atomic E-state index is 11.1. The van der Waals surface area contributed by atoms with Crippen molar-refractivity contribution in [2.75, 3.05) is 19.8 Å². The molecule has 126 valence electrons. The van der Waals surface area contributed by atoms with Crippen molar-refractivity contribution in [1.82, 2.24) is 0 Å². The Kier molecular flexibility index (Phi) is 7.25. The smallest absolute Gasteiger partial charge is 0.332 e. The summed E-state index contributed by atoms with van der Waals surface area (Å²) in [6.45, 7) is 9.53. The topological polar surface area (TPSA) is 39.9 Å². The molecule has 2 aromatic rings. The molecule has 0 radical (unpaired) electrons. The number of esters is 1. The second-order valence-corrected chi connectivity index (χ2v) is 5.21. The summed E-state index contributed by atoms with van der Waals surface area (Å²) in [6.07, 6.45) is 0.727. The van der Waals surface area contributed by atoms with Crippen LogP contribution in [0, 0.1) is 18.4 Å². The van der Waals surface area contributed by atoms with Gasteiger partial charge < -0.3 is 9.47 Å². The van der Waals surface area contributed by atoms with Crippen molar-refractivity contribution >= 4 is 11.7 Å². The van der Waals surface area contributed by atoms with Crippen LogP contribution in [0.25, 0.3) is 4.85 Å². The molecule has 4 nitrogen and oxygen atoms in total. The number of benzene rings is 2. The summed E-state index contributed by atoms with van der Waals surface area (Å²) in [5.41, 5.74) is 3.53. The van der Waals surface area contributed by atoms with Gasteiger partial charge in [-0.3, -0.25) is 0 Å². The van der Waals surface area contributed by atoms with Gasteiger partial charge in [0.1, 0.15) is 6.61 Å². The highest BCUT2D eigenvalue weighted by Gasteiger charge is 2.01. The first-order valence-corrected chi connectivity index (χ1v) is 8.03. The molecule has 0 N–H and O–H groups in total. The van der Waals surface area contributed by atoms with E-state index in [-0.39, 0.29) is 12.6 Å². The molecule has 0 atom stereocenters. The Morgan fingerprint density at radius 1 is 1.04 bits per heavy atom. The number of rotatable bonds is 6. The molecule has 0 unspecified atom stereocenters. The third-order valence-corrected chi connectivity index (χ3v) is 3.36.